The molecule has 8 aromatic rings. The lowest BCUT2D eigenvalue weighted by Crippen LogP contribution is -2.71. The van der Waals surface area contributed by atoms with E-state index in [9.17, 15) is 9.59 Å². The topological polar surface area (TPSA) is 129 Å². The van der Waals surface area contributed by atoms with Crippen molar-refractivity contribution in [3.63, 3.8) is 0 Å². The predicted molar refractivity (Wildman–Crippen MR) is 330 cm³/mol. The number of carbonyl (C=O) groups is 2. The summed E-state index contributed by atoms with van der Waals surface area (Å²) in [6.07, 6.45) is 2.90. The Hall–Kier alpha value is -7.68. The molecule has 0 aromatic heterocycles. The summed E-state index contributed by atoms with van der Waals surface area (Å²) in [4.78, 5) is 27.3. The van der Waals surface area contributed by atoms with Crippen LogP contribution in [0.2, 0.25) is 0 Å². The minimum absolute atomic E-state index is 0.207. The molecule has 0 fully saturated rings. The second-order valence-electron chi connectivity index (χ2n) is 17.4. The number of amides is 2. The molecule has 0 unspecified atom stereocenters. The monoisotopic (exact) mass is 1210 g/mol. The van der Waals surface area contributed by atoms with Gasteiger partial charge in [0, 0.05) is 56.6 Å². The van der Waals surface area contributed by atoms with Crippen molar-refractivity contribution >= 4 is 125 Å². The van der Waals surface area contributed by atoms with Crippen molar-refractivity contribution < 1.29 is 23.8 Å². The number of hydrogen-bond donors (Lipinski definition) is 5. The maximum absolute atomic E-state index is 13.0. The molecule has 0 spiro atoms. The van der Waals surface area contributed by atoms with Gasteiger partial charge in [0.15, 0.2) is 0 Å². The molecule has 0 atom stereocenters. The SMILES string of the molecule is CCCOCc1cccc(N(Nc2ccccc2Br)N(c2cccc(Br)c2)N(c2ccc(OC)cc2OC)N(c2cccc(NC(C)=O)c2)N(c2ccc(S)cc2)N(Nc2ccc(SC)cc2)c2ccc(NC(C)=O)cc2)c1. The lowest BCUT2D eigenvalue weighted by molar-refractivity contribution is -0.115. The number of rotatable bonds is 24. The van der Waals surface area contributed by atoms with E-state index < -0.39 is 0 Å². The van der Waals surface area contributed by atoms with Crippen molar-refractivity contribution in [3.8, 4) is 11.5 Å². The quantitative estimate of drug-likeness (QED) is 0.0170. The van der Waals surface area contributed by atoms with Gasteiger partial charge in [-0.3, -0.25) is 20.4 Å². The minimum Gasteiger partial charge on any atom is -0.497 e. The predicted octanol–water partition coefficient (Wildman–Crippen LogP) is 15.1. The summed E-state index contributed by atoms with van der Waals surface area (Å²) >= 11 is 14.2. The Kier molecular flexibility index (Phi) is 19.6. The Bertz CT molecular complexity index is 3290. The molecule has 19 heteroatoms. The molecule has 4 N–H and O–H groups in total. The van der Waals surface area contributed by atoms with E-state index in [1.807, 2.05) is 207 Å². The van der Waals surface area contributed by atoms with E-state index in [4.69, 9.17) is 26.8 Å². The summed E-state index contributed by atoms with van der Waals surface area (Å²) in [5.41, 5.74) is 14.8. The van der Waals surface area contributed by atoms with Gasteiger partial charge in [-0.15, -0.1) is 29.5 Å². The van der Waals surface area contributed by atoms with Crippen LogP contribution >= 0.6 is 56.3 Å². The number of hydrogen-bond acceptors (Lipinski definition) is 15. The van der Waals surface area contributed by atoms with Gasteiger partial charge in [0.25, 0.3) is 0 Å². The van der Waals surface area contributed by atoms with Gasteiger partial charge in [-0.2, -0.15) is 25.6 Å². The van der Waals surface area contributed by atoms with Crippen molar-refractivity contribution in [2.75, 3.05) is 79.3 Å². The van der Waals surface area contributed by atoms with E-state index in [0.29, 0.717) is 70.2 Å². The Labute approximate surface area is 482 Å². The van der Waals surface area contributed by atoms with Crippen LogP contribution in [0.25, 0.3) is 0 Å². The molecule has 0 bridgehead atoms. The van der Waals surface area contributed by atoms with Crippen LogP contribution in [0.15, 0.2) is 207 Å². The number of anilines is 10. The molecular formula is C59H60Br2N10O5S2. The van der Waals surface area contributed by atoms with Crippen LogP contribution in [0.1, 0.15) is 32.8 Å². The molecule has 0 radical (unpaired) electrons. The highest BCUT2D eigenvalue weighted by atomic mass is 79.9. The Morgan fingerprint density at radius 3 is 1.86 bits per heavy atom. The summed E-state index contributed by atoms with van der Waals surface area (Å²) in [5.74, 6) is 0.496. The van der Waals surface area contributed by atoms with Crippen LogP contribution in [0, 0.1) is 0 Å². The number of carbonyl (C=O) groups excluding carboxylic acids is 2. The Morgan fingerprint density at radius 1 is 0.564 bits per heavy atom. The van der Waals surface area contributed by atoms with Gasteiger partial charge in [0.2, 0.25) is 11.8 Å². The second kappa shape index (κ2) is 27.1. The highest BCUT2D eigenvalue weighted by Crippen LogP contribution is 2.43. The number of halogens is 2. The first-order valence-electron chi connectivity index (χ1n) is 24.8. The number of nitrogens with zero attached hydrogens (tertiary/aromatic N) is 6. The highest BCUT2D eigenvalue weighted by molar-refractivity contribution is 9.10. The van der Waals surface area contributed by atoms with Crippen molar-refractivity contribution in [1.29, 1.82) is 0 Å². The van der Waals surface area contributed by atoms with Crippen LogP contribution in [0.3, 0.4) is 0 Å². The normalized spacial score (nSPS) is 10.7. The fourth-order valence-electron chi connectivity index (χ4n) is 8.15. The van der Waals surface area contributed by atoms with Crippen molar-refractivity contribution in [2.24, 2.45) is 0 Å². The van der Waals surface area contributed by atoms with Crippen molar-refractivity contribution in [3.05, 3.63) is 203 Å². The van der Waals surface area contributed by atoms with E-state index in [-0.39, 0.29) is 11.8 Å². The molecule has 78 heavy (non-hydrogen) atoms. The van der Waals surface area contributed by atoms with E-state index in [1.165, 1.54) is 13.8 Å². The number of ether oxygens (including phenoxy) is 3. The molecule has 0 aliphatic heterocycles. The van der Waals surface area contributed by atoms with Crippen molar-refractivity contribution in [1.82, 2.24) is 0 Å². The number of methoxy groups -OCH3 is 2. The average Bonchev–Trinajstić information content (AvgIpc) is 3.55. The molecule has 8 aromatic carbocycles. The molecule has 402 valence electrons. The summed E-state index contributed by atoms with van der Waals surface area (Å²) in [5, 5.41) is 17.7. The highest BCUT2D eigenvalue weighted by Gasteiger charge is 2.39. The summed E-state index contributed by atoms with van der Waals surface area (Å²) in [6, 6.07) is 60.6. The third-order valence-corrected chi connectivity index (χ3v) is 13.9. The fraction of sp³-hybridized carbons (Fsp3) is 0.153. The number of hydrazine groups is 7. The number of para-hydroxylation sites is 1. The number of benzene rings is 8. The zero-order valence-corrected chi connectivity index (χ0v) is 48.7. The largest absolute Gasteiger partial charge is 0.497 e. The van der Waals surface area contributed by atoms with Gasteiger partial charge < -0.3 is 24.8 Å². The maximum atomic E-state index is 13.0. The van der Waals surface area contributed by atoms with Gasteiger partial charge in [-0.25, -0.2) is 0 Å². The molecule has 15 nitrogen and oxygen atoms in total. The fourth-order valence-corrected chi connectivity index (χ4v) is 9.47. The molecule has 0 saturated carbocycles. The number of thiol groups is 1. The van der Waals surface area contributed by atoms with Crippen LogP contribution in [-0.2, 0) is 20.9 Å². The average molecular weight is 1210 g/mol. The van der Waals surface area contributed by atoms with Gasteiger partial charge >= 0.3 is 0 Å². The molecular weight excluding hydrogens is 1150 g/mol. The van der Waals surface area contributed by atoms with Crippen LogP contribution in [-0.4, -0.2) is 38.9 Å². The van der Waals surface area contributed by atoms with Gasteiger partial charge in [-0.05, 0) is 180 Å². The molecule has 2 amide bonds. The Balaban J connectivity index is 1.55. The molecule has 0 saturated heterocycles. The van der Waals surface area contributed by atoms with Crippen LogP contribution < -0.4 is 61.7 Å². The Morgan fingerprint density at radius 2 is 1.19 bits per heavy atom. The first-order valence-corrected chi connectivity index (χ1v) is 28.0. The molecule has 0 aliphatic carbocycles. The smallest absolute Gasteiger partial charge is 0.221 e. The summed E-state index contributed by atoms with van der Waals surface area (Å²) in [7, 11) is 3.23. The third kappa shape index (κ3) is 14.3. The summed E-state index contributed by atoms with van der Waals surface area (Å²) < 4.78 is 20.1. The van der Waals surface area contributed by atoms with Gasteiger partial charge in [-0.1, -0.05) is 59.3 Å². The van der Waals surface area contributed by atoms with Crippen LogP contribution in [0.5, 0.6) is 11.5 Å². The van der Waals surface area contributed by atoms with Gasteiger partial charge in [0.1, 0.15) is 17.2 Å². The molecule has 8 rings (SSSR count). The van der Waals surface area contributed by atoms with E-state index in [0.717, 1.165) is 42.1 Å². The zero-order chi connectivity index (χ0) is 55.1. The minimum atomic E-state index is -0.257. The lowest BCUT2D eigenvalue weighted by atomic mass is 10.2. The standard InChI is InChI=1S/C59H60Br2N10O5S2/c1-7-35-76-40-43-13-10-16-50(36-43)67(65-57-20-9-8-19-56(57)61)69(51-17-11-14-44(60)37-51)71(58-34-29-53(74-4)39-59(58)75-5)70(52-18-12-15-47(38-52)63-42(3)73)68(49-27-30-54(77)31-28-49)66(64-46-23-32-55(78-6)33-24-46)48-25-21-45(22-26-48)62-41(2)72/h8-34,36-39,64-65,77H,7,35,40H2,1-6H3,(H,62,72)(H,63,73). The number of thioether (sulfide) groups is 1. The van der Waals surface area contributed by atoms with E-state index >= 15 is 0 Å². The molecule has 0 heterocycles. The summed E-state index contributed by atoms with van der Waals surface area (Å²) in [6.45, 7) is 6.00. The third-order valence-electron chi connectivity index (χ3n) is 11.7. The first-order chi connectivity index (χ1) is 37.8. The van der Waals surface area contributed by atoms with Crippen LogP contribution in [0.4, 0.5) is 56.9 Å². The van der Waals surface area contributed by atoms with Gasteiger partial charge in [0.05, 0.1) is 60.6 Å². The lowest BCUT2D eigenvalue weighted by Gasteiger charge is -2.54. The van der Waals surface area contributed by atoms with Crippen molar-refractivity contribution in [2.45, 2.75) is 43.6 Å². The second-order valence-corrected chi connectivity index (χ2v) is 20.6. The maximum Gasteiger partial charge on any atom is 0.221 e. The zero-order valence-electron chi connectivity index (χ0n) is 43.9. The first kappa shape index (κ1) is 56.5. The van der Waals surface area contributed by atoms with E-state index in [1.54, 1.807) is 26.0 Å². The molecule has 0 aliphatic rings. The number of nitrogens with one attached hydrogen (secondary N) is 4. The van der Waals surface area contributed by atoms with E-state index in [2.05, 4.69) is 78.5 Å².